The van der Waals surface area contributed by atoms with Crippen molar-refractivity contribution in [3.63, 3.8) is 0 Å². The number of hydrogen-bond acceptors (Lipinski definition) is 4. The summed E-state index contributed by atoms with van der Waals surface area (Å²) in [4.78, 5) is 8.80. The van der Waals surface area contributed by atoms with Crippen molar-refractivity contribution >= 4 is 0 Å². The molecular formula is C11H17N3O. The Morgan fingerprint density at radius 3 is 3.13 bits per heavy atom. The molecule has 82 valence electrons. The van der Waals surface area contributed by atoms with E-state index in [9.17, 15) is 0 Å². The topological polar surface area (TPSA) is 61.0 Å². The zero-order valence-electron chi connectivity index (χ0n) is 9.07. The molecule has 2 heterocycles. The normalized spacial score (nSPS) is 25.7. The molecule has 0 bridgehead atoms. The highest BCUT2D eigenvalue weighted by Crippen LogP contribution is 2.33. The zero-order chi connectivity index (χ0) is 10.7. The van der Waals surface area contributed by atoms with Gasteiger partial charge in [0.2, 0.25) is 0 Å². The average Bonchev–Trinajstić information content (AvgIpc) is 2.68. The molecule has 4 heteroatoms. The van der Waals surface area contributed by atoms with Crippen LogP contribution in [0, 0.1) is 0 Å². The van der Waals surface area contributed by atoms with Crippen LogP contribution in [0.25, 0.3) is 0 Å². The van der Waals surface area contributed by atoms with Gasteiger partial charge in [-0.2, -0.15) is 0 Å². The lowest BCUT2D eigenvalue weighted by molar-refractivity contribution is 0.00915. The van der Waals surface area contributed by atoms with E-state index >= 15 is 0 Å². The van der Waals surface area contributed by atoms with E-state index in [0.29, 0.717) is 6.54 Å². The number of nitrogens with zero attached hydrogens (tertiary/aromatic N) is 2. The Morgan fingerprint density at radius 1 is 1.60 bits per heavy atom. The van der Waals surface area contributed by atoms with Crippen LogP contribution in [0.3, 0.4) is 0 Å². The van der Waals surface area contributed by atoms with Crippen LogP contribution in [-0.4, -0.2) is 23.1 Å². The van der Waals surface area contributed by atoms with E-state index in [4.69, 9.17) is 10.5 Å². The summed E-state index contributed by atoms with van der Waals surface area (Å²) in [5, 5.41) is 0. The minimum atomic E-state index is -0.287. The molecule has 15 heavy (non-hydrogen) atoms. The van der Waals surface area contributed by atoms with Crippen molar-refractivity contribution in [3.05, 3.63) is 23.8 Å². The first-order valence-electron chi connectivity index (χ1n) is 5.41. The van der Waals surface area contributed by atoms with Crippen LogP contribution < -0.4 is 5.73 Å². The molecule has 1 saturated heterocycles. The lowest BCUT2D eigenvalue weighted by Gasteiger charge is -2.21. The Kier molecular flexibility index (Phi) is 2.98. The van der Waals surface area contributed by atoms with E-state index in [2.05, 4.69) is 16.9 Å². The van der Waals surface area contributed by atoms with Crippen molar-refractivity contribution in [2.45, 2.75) is 31.8 Å². The van der Waals surface area contributed by atoms with Crippen molar-refractivity contribution in [1.29, 1.82) is 0 Å². The summed E-state index contributed by atoms with van der Waals surface area (Å²) >= 11 is 0. The van der Waals surface area contributed by atoms with E-state index in [1.54, 1.807) is 6.20 Å². The minimum Gasteiger partial charge on any atom is -0.367 e. The molecule has 1 aromatic rings. The Morgan fingerprint density at radius 2 is 2.47 bits per heavy atom. The predicted molar refractivity (Wildman–Crippen MR) is 57.3 cm³/mol. The van der Waals surface area contributed by atoms with Crippen LogP contribution in [0.2, 0.25) is 0 Å². The second-order valence-corrected chi connectivity index (χ2v) is 4.09. The zero-order valence-corrected chi connectivity index (χ0v) is 9.07. The number of hydrogen-bond donors (Lipinski definition) is 1. The smallest absolute Gasteiger partial charge is 0.160 e. The molecular weight excluding hydrogens is 190 g/mol. The molecule has 0 radical (unpaired) electrons. The fraction of sp³-hybridized carbons (Fsp3) is 0.636. The van der Waals surface area contributed by atoms with E-state index in [1.807, 2.05) is 6.07 Å². The predicted octanol–water partition coefficient (Wildman–Crippen LogP) is 1.00. The highest BCUT2D eigenvalue weighted by atomic mass is 16.5. The van der Waals surface area contributed by atoms with Crippen LogP contribution >= 0.6 is 0 Å². The van der Waals surface area contributed by atoms with E-state index in [-0.39, 0.29) is 5.60 Å². The van der Waals surface area contributed by atoms with Crippen molar-refractivity contribution < 1.29 is 4.74 Å². The molecule has 2 rings (SSSR count). The molecule has 0 aromatic carbocycles. The van der Waals surface area contributed by atoms with Gasteiger partial charge in [0.05, 0.1) is 0 Å². The van der Waals surface area contributed by atoms with E-state index in [1.165, 1.54) is 0 Å². The SMILES string of the molecule is CC1(c2nccc(CCN)n2)CCCO1. The summed E-state index contributed by atoms with van der Waals surface area (Å²) in [5.41, 5.74) is 6.22. The molecule has 2 N–H and O–H groups in total. The van der Waals surface area contributed by atoms with Crippen molar-refractivity contribution in [2.24, 2.45) is 5.73 Å². The van der Waals surface area contributed by atoms with Crippen LogP contribution in [-0.2, 0) is 16.8 Å². The Labute approximate surface area is 89.9 Å². The number of rotatable bonds is 3. The van der Waals surface area contributed by atoms with Crippen molar-refractivity contribution in [2.75, 3.05) is 13.2 Å². The first-order valence-corrected chi connectivity index (χ1v) is 5.41. The first kappa shape index (κ1) is 10.5. The monoisotopic (exact) mass is 207 g/mol. The summed E-state index contributed by atoms with van der Waals surface area (Å²) in [6.07, 6.45) is 4.67. The molecule has 1 aliphatic rings. The van der Waals surface area contributed by atoms with Crippen molar-refractivity contribution in [3.8, 4) is 0 Å². The molecule has 0 spiro atoms. The summed E-state index contributed by atoms with van der Waals surface area (Å²) in [5.74, 6) is 0.797. The van der Waals surface area contributed by atoms with Gasteiger partial charge in [-0.25, -0.2) is 9.97 Å². The minimum absolute atomic E-state index is 0.287. The Balaban J connectivity index is 2.23. The maximum absolute atomic E-state index is 5.70. The van der Waals surface area contributed by atoms with E-state index < -0.39 is 0 Å². The van der Waals surface area contributed by atoms with Crippen molar-refractivity contribution in [1.82, 2.24) is 9.97 Å². The van der Waals surface area contributed by atoms with Gasteiger partial charge < -0.3 is 10.5 Å². The van der Waals surface area contributed by atoms with Gasteiger partial charge in [0.1, 0.15) is 5.60 Å². The summed E-state index contributed by atoms with van der Waals surface area (Å²) in [6, 6.07) is 1.91. The molecule has 1 aromatic heterocycles. The third kappa shape index (κ3) is 2.16. The van der Waals surface area contributed by atoms with Gasteiger partial charge in [-0.05, 0) is 32.4 Å². The molecule has 1 unspecified atom stereocenters. The van der Waals surface area contributed by atoms with Crippen LogP contribution in [0.5, 0.6) is 0 Å². The highest BCUT2D eigenvalue weighted by Gasteiger charge is 2.34. The van der Waals surface area contributed by atoms with Gasteiger partial charge in [0, 0.05) is 24.9 Å². The van der Waals surface area contributed by atoms with Crippen LogP contribution in [0.15, 0.2) is 12.3 Å². The third-order valence-electron chi connectivity index (χ3n) is 2.81. The summed E-state index contributed by atoms with van der Waals surface area (Å²) in [7, 11) is 0. The van der Waals surface area contributed by atoms with Gasteiger partial charge in [-0.1, -0.05) is 0 Å². The second kappa shape index (κ2) is 4.24. The maximum Gasteiger partial charge on any atom is 0.160 e. The van der Waals surface area contributed by atoms with Gasteiger partial charge in [0.15, 0.2) is 5.82 Å². The molecule has 0 amide bonds. The highest BCUT2D eigenvalue weighted by molar-refractivity contribution is 5.09. The third-order valence-corrected chi connectivity index (χ3v) is 2.81. The fourth-order valence-corrected chi connectivity index (χ4v) is 1.89. The van der Waals surface area contributed by atoms with E-state index in [0.717, 1.165) is 37.4 Å². The quantitative estimate of drug-likeness (QED) is 0.803. The lowest BCUT2D eigenvalue weighted by atomic mass is 10.0. The molecule has 1 aliphatic heterocycles. The number of aromatic nitrogens is 2. The van der Waals surface area contributed by atoms with Gasteiger partial charge in [-0.3, -0.25) is 0 Å². The van der Waals surface area contributed by atoms with Gasteiger partial charge in [0.25, 0.3) is 0 Å². The molecule has 4 nitrogen and oxygen atoms in total. The number of nitrogens with two attached hydrogens (primary N) is 1. The largest absolute Gasteiger partial charge is 0.367 e. The van der Waals surface area contributed by atoms with Gasteiger partial charge in [-0.15, -0.1) is 0 Å². The summed E-state index contributed by atoms with van der Waals surface area (Å²) in [6.45, 7) is 3.48. The van der Waals surface area contributed by atoms with Crippen LogP contribution in [0.1, 0.15) is 31.3 Å². The Bertz CT molecular complexity index is 334. The molecule has 0 saturated carbocycles. The first-order chi connectivity index (χ1) is 7.24. The molecule has 1 fully saturated rings. The average molecular weight is 207 g/mol. The molecule has 1 atom stereocenters. The maximum atomic E-state index is 5.70. The van der Waals surface area contributed by atoms with Gasteiger partial charge >= 0.3 is 0 Å². The molecule has 0 aliphatic carbocycles. The fourth-order valence-electron chi connectivity index (χ4n) is 1.89. The standard InChI is InChI=1S/C11H17N3O/c1-11(5-2-8-15-11)10-13-7-4-9(14-10)3-6-12/h4,7H,2-3,5-6,8,12H2,1H3. The Hall–Kier alpha value is -1.00. The summed E-state index contributed by atoms with van der Waals surface area (Å²) < 4.78 is 5.70. The second-order valence-electron chi connectivity index (χ2n) is 4.09. The van der Waals surface area contributed by atoms with Crippen LogP contribution in [0.4, 0.5) is 0 Å². The number of ether oxygens (including phenoxy) is 1. The lowest BCUT2D eigenvalue weighted by Crippen LogP contribution is -2.24.